The van der Waals surface area contributed by atoms with Crippen LogP contribution < -0.4 is 10.0 Å². The minimum Gasteiger partial charge on any atom is -0.320 e. The van der Waals surface area contributed by atoms with E-state index in [0.29, 0.717) is 12.2 Å². The Hall–Kier alpha value is -0.630. The number of hydrogen-bond acceptors (Lipinski definition) is 3. The Morgan fingerprint density at radius 1 is 1.25 bits per heavy atom. The molecule has 1 aromatic carbocycles. The van der Waals surface area contributed by atoms with Crippen molar-refractivity contribution in [1.82, 2.24) is 9.62 Å². The van der Waals surface area contributed by atoms with E-state index in [1.54, 1.807) is 7.05 Å². The summed E-state index contributed by atoms with van der Waals surface area (Å²) in [7, 11) is -0.0781. The van der Waals surface area contributed by atoms with Crippen LogP contribution in [-0.2, 0) is 10.2 Å². The first-order chi connectivity index (χ1) is 9.27. The van der Waals surface area contributed by atoms with Crippen molar-refractivity contribution in [3.05, 3.63) is 27.7 Å². The van der Waals surface area contributed by atoms with Crippen molar-refractivity contribution in [2.45, 2.75) is 20.3 Å². The molecule has 0 aliphatic heterocycles. The van der Waals surface area contributed by atoms with Gasteiger partial charge in [-0.25, -0.2) is 0 Å². The van der Waals surface area contributed by atoms with Crippen LogP contribution in [0.25, 0.3) is 0 Å². The highest BCUT2D eigenvalue weighted by atomic mass is 79.9. The second-order valence-corrected chi connectivity index (χ2v) is 7.49. The molecule has 0 aromatic heterocycles. The van der Waals surface area contributed by atoms with Gasteiger partial charge in [0.2, 0.25) is 0 Å². The van der Waals surface area contributed by atoms with Gasteiger partial charge in [0.25, 0.3) is 0 Å². The minimum atomic E-state index is -3.51. The summed E-state index contributed by atoms with van der Waals surface area (Å²) in [5, 5.41) is 3.00. The molecule has 1 aromatic rings. The minimum absolute atomic E-state index is 0.477. The summed E-state index contributed by atoms with van der Waals surface area (Å²) in [4.78, 5) is 0. The Bertz CT molecular complexity index is 538. The van der Waals surface area contributed by atoms with Gasteiger partial charge >= 0.3 is 10.2 Å². The first kappa shape index (κ1) is 17.4. The summed E-state index contributed by atoms with van der Waals surface area (Å²) in [5.41, 5.74) is 2.43. The Morgan fingerprint density at radius 2 is 1.80 bits per heavy atom. The summed E-state index contributed by atoms with van der Waals surface area (Å²) >= 11 is 3.40. The molecule has 20 heavy (non-hydrogen) atoms. The summed E-state index contributed by atoms with van der Waals surface area (Å²) in [5.74, 6) is 0. The number of hydrogen-bond donors (Lipinski definition) is 2. The van der Waals surface area contributed by atoms with E-state index in [1.807, 2.05) is 33.0 Å². The molecule has 2 N–H and O–H groups in total. The molecular weight excluding hydrogens is 342 g/mol. The predicted molar refractivity (Wildman–Crippen MR) is 87.3 cm³/mol. The summed E-state index contributed by atoms with van der Waals surface area (Å²) in [6.45, 7) is 5.04. The van der Waals surface area contributed by atoms with Gasteiger partial charge in [-0.1, -0.05) is 15.9 Å². The topological polar surface area (TPSA) is 61.4 Å². The van der Waals surface area contributed by atoms with E-state index in [9.17, 15) is 8.42 Å². The average Bonchev–Trinajstić information content (AvgIpc) is 2.34. The van der Waals surface area contributed by atoms with Gasteiger partial charge in [0.1, 0.15) is 0 Å². The molecule has 0 saturated carbocycles. The van der Waals surface area contributed by atoms with Crippen molar-refractivity contribution in [1.29, 1.82) is 0 Å². The Kier molecular flexibility index (Phi) is 6.44. The molecule has 0 aliphatic rings. The van der Waals surface area contributed by atoms with E-state index in [2.05, 4.69) is 26.0 Å². The van der Waals surface area contributed by atoms with E-state index in [4.69, 9.17) is 0 Å². The fourth-order valence-electron chi connectivity index (χ4n) is 1.88. The highest BCUT2D eigenvalue weighted by Gasteiger charge is 2.19. The fraction of sp³-hybridized carbons (Fsp3) is 0.538. The van der Waals surface area contributed by atoms with Crippen LogP contribution in [-0.4, -0.2) is 39.9 Å². The molecule has 0 atom stereocenters. The van der Waals surface area contributed by atoms with Gasteiger partial charge in [0, 0.05) is 18.1 Å². The van der Waals surface area contributed by atoms with Gasteiger partial charge in [0.15, 0.2) is 0 Å². The molecule has 7 heteroatoms. The van der Waals surface area contributed by atoms with Crippen molar-refractivity contribution in [2.24, 2.45) is 0 Å². The van der Waals surface area contributed by atoms with Crippen molar-refractivity contribution in [3.63, 3.8) is 0 Å². The van der Waals surface area contributed by atoms with Gasteiger partial charge < -0.3 is 5.32 Å². The first-order valence-corrected chi connectivity index (χ1v) is 8.66. The molecular formula is C13H22BrN3O2S. The zero-order valence-corrected chi connectivity index (χ0v) is 14.7. The third-order valence-electron chi connectivity index (χ3n) is 3.04. The number of halogens is 1. The Morgan fingerprint density at radius 3 is 2.30 bits per heavy atom. The first-order valence-electron chi connectivity index (χ1n) is 6.43. The molecule has 0 bridgehead atoms. The molecule has 0 radical (unpaired) electrons. The van der Waals surface area contributed by atoms with E-state index in [1.165, 1.54) is 4.31 Å². The molecule has 0 saturated heterocycles. The lowest BCUT2D eigenvalue weighted by Gasteiger charge is -2.20. The average molecular weight is 364 g/mol. The molecule has 0 spiro atoms. The summed E-state index contributed by atoms with van der Waals surface area (Å²) in [6.07, 6.45) is 0.770. The van der Waals surface area contributed by atoms with Gasteiger partial charge in [-0.3, -0.25) is 4.72 Å². The predicted octanol–water partition coefficient (Wildman–Crippen LogP) is 2.26. The number of aryl methyl sites for hydroxylation is 2. The lowest BCUT2D eigenvalue weighted by atomic mass is 10.1. The molecule has 0 amide bonds. The largest absolute Gasteiger partial charge is 0.320 e. The monoisotopic (exact) mass is 363 g/mol. The van der Waals surface area contributed by atoms with Crippen LogP contribution in [0, 0.1) is 13.8 Å². The van der Waals surface area contributed by atoms with E-state index in [-0.39, 0.29) is 0 Å². The van der Waals surface area contributed by atoms with E-state index in [0.717, 1.165) is 28.6 Å². The maximum absolute atomic E-state index is 12.3. The van der Waals surface area contributed by atoms with E-state index >= 15 is 0 Å². The number of anilines is 1. The molecule has 0 aliphatic carbocycles. The highest BCUT2D eigenvalue weighted by Crippen LogP contribution is 2.26. The van der Waals surface area contributed by atoms with E-state index < -0.39 is 10.2 Å². The summed E-state index contributed by atoms with van der Waals surface area (Å²) < 4.78 is 29.5. The Labute approximate surface area is 130 Å². The highest BCUT2D eigenvalue weighted by molar-refractivity contribution is 9.10. The standard InChI is InChI=1S/C13H22BrN3O2S/c1-10-8-12(14)9-11(2)13(10)16-20(18,19)17(4)7-5-6-15-3/h8-9,15-16H,5-7H2,1-4H3. The van der Waals surface area contributed by atoms with Gasteiger partial charge in [-0.15, -0.1) is 0 Å². The van der Waals surface area contributed by atoms with Crippen molar-refractivity contribution < 1.29 is 8.42 Å². The molecule has 0 fully saturated rings. The van der Waals surface area contributed by atoms with Crippen LogP contribution in [0.2, 0.25) is 0 Å². The van der Waals surface area contributed by atoms with Crippen LogP contribution >= 0.6 is 15.9 Å². The number of benzene rings is 1. The van der Waals surface area contributed by atoms with Crippen LogP contribution in [0.4, 0.5) is 5.69 Å². The normalized spacial score (nSPS) is 11.9. The van der Waals surface area contributed by atoms with Crippen molar-refractivity contribution in [3.8, 4) is 0 Å². The van der Waals surface area contributed by atoms with Gasteiger partial charge in [-0.05, 0) is 57.1 Å². The maximum Gasteiger partial charge on any atom is 0.301 e. The molecule has 0 heterocycles. The molecule has 5 nitrogen and oxygen atoms in total. The number of nitrogens with one attached hydrogen (secondary N) is 2. The Balaban J connectivity index is 2.86. The van der Waals surface area contributed by atoms with Crippen LogP contribution in [0.1, 0.15) is 17.5 Å². The third-order valence-corrected chi connectivity index (χ3v) is 4.96. The SMILES string of the molecule is CNCCCN(C)S(=O)(=O)Nc1c(C)cc(Br)cc1C. The number of rotatable bonds is 7. The molecule has 114 valence electrons. The zero-order chi connectivity index (χ0) is 15.3. The van der Waals surface area contributed by atoms with Gasteiger partial charge in [0.05, 0.1) is 5.69 Å². The lowest BCUT2D eigenvalue weighted by Crippen LogP contribution is -2.34. The smallest absolute Gasteiger partial charge is 0.301 e. The molecule has 1 rings (SSSR count). The summed E-state index contributed by atoms with van der Waals surface area (Å²) in [6, 6.07) is 3.79. The second-order valence-electron chi connectivity index (χ2n) is 4.80. The van der Waals surface area contributed by atoms with Gasteiger partial charge in [-0.2, -0.15) is 12.7 Å². The third kappa shape index (κ3) is 4.73. The second kappa shape index (κ2) is 7.40. The number of nitrogens with zero attached hydrogens (tertiary/aromatic N) is 1. The lowest BCUT2D eigenvalue weighted by molar-refractivity contribution is 0.462. The fourth-order valence-corrected chi connectivity index (χ4v) is 3.67. The van der Waals surface area contributed by atoms with Crippen LogP contribution in [0.3, 0.4) is 0 Å². The van der Waals surface area contributed by atoms with Crippen molar-refractivity contribution >= 4 is 31.8 Å². The van der Waals surface area contributed by atoms with Crippen LogP contribution in [0.5, 0.6) is 0 Å². The van der Waals surface area contributed by atoms with Crippen LogP contribution in [0.15, 0.2) is 16.6 Å². The zero-order valence-electron chi connectivity index (χ0n) is 12.3. The quantitative estimate of drug-likeness (QED) is 0.730. The molecule has 0 unspecified atom stereocenters. The van der Waals surface area contributed by atoms with Crippen molar-refractivity contribution in [2.75, 3.05) is 31.9 Å². The maximum atomic E-state index is 12.3.